The third-order valence-corrected chi connectivity index (χ3v) is 3.56. The van der Waals surface area contributed by atoms with Gasteiger partial charge in [0.15, 0.2) is 0 Å². The summed E-state index contributed by atoms with van der Waals surface area (Å²) in [5.74, 6) is 1.11. The second-order valence-electron chi connectivity index (χ2n) is 5.28. The van der Waals surface area contributed by atoms with E-state index in [4.69, 9.17) is 0 Å². The van der Waals surface area contributed by atoms with Gasteiger partial charge in [-0.05, 0) is 32.2 Å². The molecule has 1 rings (SSSR count). The molecule has 94 valence electrons. The van der Waals surface area contributed by atoms with Crippen LogP contribution in [0.15, 0.2) is 0 Å². The van der Waals surface area contributed by atoms with E-state index in [0.29, 0.717) is 6.04 Å². The number of nitrogens with one attached hydrogen (secondary N) is 2. The van der Waals surface area contributed by atoms with Gasteiger partial charge in [0.2, 0.25) is 5.91 Å². The minimum absolute atomic E-state index is 0.0747. The average molecular weight is 226 g/mol. The molecule has 3 heteroatoms. The van der Waals surface area contributed by atoms with E-state index in [0.717, 1.165) is 25.3 Å². The quantitative estimate of drug-likeness (QED) is 0.719. The zero-order valence-electron chi connectivity index (χ0n) is 10.9. The van der Waals surface area contributed by atoms with Gasteiger partial charge in [-0.25, -0.2) is 0 Å². The van der Waals surface area contributed by atoms with Gasteiger partial charge in [-0.15, -0.1) is 0 Å². The second-order valence-corrected chi connectivity index (χ2v) is 5.28. The highest BCUT2D eigenvalue weighted by Crippen LogP contribution is 2.22. The fourth-order valence-corrected chi connectivity index (χ4v) is 2.37. The smallest absolute Gasteiger partial charge is 0.224 e. The van der Waals surface area contributed by atoms with Gasteiger partial charge >= 0.3 is 0 Å². The molecule has 3 nitrogen and oxygen atoms in total. The van der Waals surface area contributed by atoms with Gasteiger partial charge in [0, 0.05) is 18.5 Å². The Balaban J connectivity index is 2.32. The molecule has 0 bridgehead atoms. The van der Waals surface area contributed by atoms with Crippen molar-refractivity contribution in [3.8, 4) is 0 Å². The van der Waals surface area contributed by atoms with Crippen LogP contribution in [0.4, 0.5) is 0 Å². The van der Waals surface area contributed by atoms with Crippen molar-refractivity contribution in [3.05, 3.63) is 0 Å². The second kappa shape index (κ2) is 6.89. The molecule has 1 aliphatic carbocycles. The lowest BCUT2D eigenvalue weighted by Crippen LogP contribution is -2.40. The van der Waals surface area contributed by atoms with E-state index in [1.54, 1.807) is 0 Å². The predicted molar refractivity (Wildman–Crippen MR) is 67.3 cm³/mol. The van der Waals surface area contributed by atoms with E-state index in [9.17, 15) is 4.79 Å². The van der Waals surface area contributed by atoms with Crippen LogP contribution < -0.4 is 10.6 Å². The number of carbonyl (C=O) groups is 1. The Morgan fingerprint density at radius 1 is 1.31 bits per heavy atom. The average Bonchev–Trinajstić information content (AvgIpc) is 2.44. The zero-order chi connectivity index (χ0) is 12.0. The van der Waals surface area contributed by atoms with Gasteiger partial charge in [-0.2, -0.15) is 0 Å². The van der Waals surface area contributed by atoms with Crippen molar-refractivity contribution in [2.24, 2.45) is 11.8 Å². The summed E-state index contributed by atoms with van der Waals surface area (Å²) >= 11 is 0. The molecular weight excluding hydrogens is 200 g/mol. The molecule has 16 heavy (non-hydrogen) atoms. The molecular formula is C13H26N2O. The topological polar surface area (TPSA) is 41.1 Å². The molecule has 0 radical (unpaired) electrons. The number of amides is 1. The molecule has 3 atom stereocenters. The largest absolute Gasteiger partial charge is 0.353 e. The monoisotopic (exact) mass is 226 g/mol. The standard InChI is InChI=1S/C13H26N2O/c1-10-5-4-6-12(8-7-10)15-13(16)11(2)9-14-3/h10-12,14H,4-9H2,1-3H3,(H,15,16). The van der Waals surface area contributed by atoms with Crippen LogP contribution in [0.2, 0.25) is 0 Å². The molecule has 0 spiro atoms. The number of rotatable bonds is 4. The fraction of sp³-hybridized carbons (Fsp3) is 0.923. The van der Waals surface area contributed by atoms with Crippen molar-refractivity contribution in [1.82, 2.24) is 10.6 Å². The number of hydrogen-bond donors (Lipinski definition) is 2. The molecule has 3 unspecified atom stereocenters. The van der Waals surface area contributed by atoms with Crippen molar-refractivity contribution < 1.29 is 4.79 Å². The van der Waals surface area contributed by atoms with Crippen LogP contribution in [-0.4, -0.2) is 25.5 Å². The summed E-state index contributed by atoms with van der Waals surface area (Å²) in [4.78, 5) is 11.8. The zero-order valence-corrected chi connectivity index (χ0v) is 10.9. The minimum atomic E-state index is 0.0747. The Kier molecular flexibility index (Phi) is 5.81. The third-order valence-electron chi connectivity index (χ3n) is 3.56. The van der Waals surface area contributed by atoms with Crippen LogP contribution in [0.3, 0.4) is 0 Å². The highest BCUT2D eigenvalue weighted by atomic mass is 16.1. The maximum Gasteiger partial charge on any atom is 0.224 e. The van der Waals surface area contributed by atoms with E-state index in [1.165, 1.54) is 19.3 Å². The Bertz CT molecular complexity index is 218. The maximum atomic E-state index is 11.8. The molecule has 0 aromatic rings. The van der Waals surface area contributed by atoms with Crippen molar-refractivity contribution >= 4 is 5.91 Å². The fourth-order valence-electron chi connectivity index (χ4n) is 2.37. The molecule has 1 amide bonds. The first-order valence-electron chi connectivity index (χ1n) is 6.58. The van der Waals surface area contributed by atoms with Crippen molar-refractivity contribution in [3.63, 3.8) is 0 Å². The third kappa shape index (κ3) is 4.52. The summed E-state index contributed by atoms with van der Waals surface area (Å²) in [6, 6.07) is 0.414. The summed E-state index contributed by atoms with van der Waals surface area (Å²) in [5, 5.41) is 6.23. The normalized spacial score (nSPS) is 28.2. The lowest BCUT2D eigenvalue weighted by atomic mass is 10.0. The summed E-state index contributed by atoms with van der Waals surface area (Å²) < 4.78 is 0. The molecule has 0 heterocycles. The first-order valence-corrected chi connectivity index (χ1v) is 6.58. The first-order chi connectivity index (χ1) is 7.63. The van der Waals surface area contributed by atoms with Crippen molar-refractivity contribution in [2.45, 2.75) is 52.0 Å². The Hall–Kier alpha value is -0.570. The molecule has 1 saturated carbocycles. The number of carbonyl (C=O) groups excluding carboxylic acids is 1. The van der Waals surface area contributed by atoms with Gasteiger partial charge in [-0.1, -0.05) is 26.7 Å². The highest BCUT2D eigenvalue weighted by Gasteiger charge is 2.20. The summed E-state index contributed by atoms with van der Waals surface area (Å²) in [6.07, 6.45) is 6.14. The van der Waals surface area contributed by atoms with Crippen molar-refractivity contribution in [2.75, 3.05) is 13.6 Å². The molecule has 0 aliphatic heterocycles. The summed E-state index contributed by atoms with van der Waals surface area (Å²) in [6.45, 7) is 5.05. The van der Waals surface area contributed by atoms with Crippen LogP contribution in [0.1, 0.15) is 46.0 Å². The SMILES string of the molecule is CNCC(C)C(=O)NC1CCCC(C)CC1. The Labute approximate surface area is 99.4 Å². The molecule has 2 N–H and O–H groups in total. The van der Waals surface area contributed by atoms with Gasteiger partial charge in [-0.3, -0.25) is 4.79 Å². The lowest BCUT2D eigenvalue weighted by Gasteiger charge is -2.19. The molecule has 0 saturated heterocycles. The Morgan fingerprint density at radius 3 is 2.75 bits per heavy atom. The number of hydrogen-bond acceptors (Lipinski definition) is 2. The predicted octanol–water partition coefficient (Wildman–Crippen LogP) is 1.93. The minimum Gasteiger partial charge on any atom is -0.353 e. The van der Waals surface area contributed by atoms with Crippen LogP contribution in [0.25, 0.3) is 0 Å². The summed E-state index contributed by atoms with van der Waals surface area (Å²) in [5.41, 5.74) is 0. The van der Waals surface area contributed by atoms with E-state index in [1.807, 2.05) is 14.0 Å². The molecule has 1 aliphatic rings. The highest BCUT2D eigenvalue weighted by molar-refractivity contribution is 5.78. The molecule has 1 fully saturated rings. The van der Waals surface area contributed by atoms with Crippen LogP contribution in [0, 0.1) is 11.8 Å². The molecule has 0 aromatic heterocycles. The Morgan fingerprint density at radius 2 is 2.06 bits per heavy atom. The van der Waals surface area contributed by atoms with E-state index < -0.39 is 0 Å². The maximum absolute atomic E-state index is 11.8. The van der Waals surface area contributed by atoms with Crippen LogP contribution in [0.5, 0.6) is 0 Å². The van der Waals surface area contributed by atoms with Gasteiger partial charge in [0.05, 0.1) is 0 Å². The van der Waals surface area contributed by atoms with E-state index in [-0.39, 0.29) is 11.8 Å². The van der Waals surface area contributed by atoms with Gasteiger partial charge in [0.1, 0.15) is 0 Å². The van der Waals surface area contributed by atoms with Crippen molar-refractivity contribution in [1.29, 1.82) is 0 Å². The van der Waals surface area contributed by atoms with Gasteiger partial charge in [0.25, 0.3) is 0 Å². The van der Waals surface area contributed by atoms with E-state index in [2.05, 4.69) is 17.6 Å². The van der Waals surface area contributed by atoms with Crippen LogP contribution >= 0.6 is 0 Å². The lowest BCUT2D eigenvalue weighted by molar-refractivity contribution is -0.125. The molecule has 0 aromatic carbocycles. The van der Waals surface area contributed by atoms with Crippen LogP contribution in [-0.2, 0) is 4.79 Å². The van der Waals surface area contributed by atoms with E-state index >= 15 is 0 Å². The summed E-state index contributed by atoms with van der Waals surface area (Å²) in [7, 11) is 1.89. The van der Waals surface area contributed by atoms with Gasteiger partial charge < -0.3 is 10.6 Å². The first kappa shape index (κ1) is 13.5.